The number of aliphatic hydroxyl groups is 1. The fourth-order valence-electron chi connectivity index (χ4n) is 3.10. The second-order valence-electron chi connectivity index (χ2n) is 8.30. The van der Waals surface area contributed by atoms with Crippen molar-refractivity contribution in [2.75, 3.05) is 0 Å². The van der Waals surface area contributed by atoms with Crippen molar-refractivity contribution in [1.29, 1.82) is 0 Å². The van der Waals surface area contributed by atoms with Crippen molar-refractivity contribution in [2.45, 2.75) is 65.6 Å². The summed E-state index contributed by atoms with van der Waals surface area (Å²) in [5.74, 6) is -0.132. The van der Waals surface area contributed by atoms with E-state index in [1.54, 1.807) is 18.2 Å². The molecule has 1 aromatic rings. The normalized spacial score (nSPS) is 19.6. The van der Waals surface area contributed by atoms with Crippen molar-refractivity contribution in [3.63, 3.8) is 0 Å². The third-order valence-electron chi connectivity index (χ3n) is 5.05. The number of rotatable bonds is 7. The van der Waals surface area contributed by atoms with E-state index < -0.39 is 17.7 Å². The Bertz CT molecular complexity index is 745. The Labute approximate surface area is 161 Å². The van der Waals surface area contributed by atoms with Gasteiger partial charge in [-0.2, -0.15) is 0 Å². The fourth-order valence-corrected chi connectivity index (χ4v) is 3.10. The van der Waals surface area contributed by atoms with Gasteiger partial charge in [-0.05, 0) is 61.9 Å². The third-order valence-corrected chi connectivity index (χ3v) is 5.05. The standard InChI is InChI=1S/C22H30O5/c1-13(2)6-9-18(23)14(3)7-8-15-10-17(21(25)26)11-16-12-19(24)22(4,5)27-20(15)16/h6,9-11,13-14,19,24H,7-8,12H2,1-5H3,(H,25,26). The molecule has 0 spiro atoms. The van der Waals surface area contributed by atoms with Gasteiger partial charge in [0, 0.05) is 12.3 Å². The third kappa shape index (κ3) is 5.19. The van der Waals surface area contributed by atoms with Crippen LogP contribution in [0.2, 0.25) is 0 Å². The molecule has 0 saturated heterocycles. The lowest BCUT2D eigenvalue weighted by molar-refractivity contribution is -0.117. The number of carboxylic acids is 1. The first-order chi connectivity index (χ1) is 12.5. The Morgan fingerprint density at radius 3 is 2.56 bits per heavy atom. The zero-order valence-corrected chi connectivity index (χ0v) is 16.8. The van der Waals surface area contributed by atoms with Gasteiger partial charge in [-0.15, -0.1) is 0 Å². The van der Waals surface area contributed by atoms with Gasteiger partial charge in [0.25, 0.3) is 0 Å². The van der Waals surface area contributed by atoms with Crippen molar-refractivity contribution >= 4 is 11.8 Å². The van der Waals surface area contributed by atoms with Crippen LogP contribution in [0.1, 0.15) is 62.5 Å². The van der Waals surface area contributed by atoms with Crippen molar-refractivity contribution in [3.05, 3.63) is 41.0 Å². The summed E-state index contributed by atoms with van der Waals surface area (Å²) in [6.07, 6.45) is 4.31. The highest BCUT2D eigenvalue weighted by Gasteiger charge is 2.37. The molecule has 5 nitrogen and oxygen atoms in total. The van der Waals surface area contributed by atoms with Crippen molar-refractivity contribution in [1.82, 2.24) is 0 Å². The molecular formula is C22H30O5. The van der Waals surface area contributed by atoms with Crippen molar-refractivity contribution in [3.8, 4) is 5.75 Å². The Kier molecular flexibility index (Phi) is 6.47. The van der Waals surface area contributed by atoms with E-state index in [4.69, 9.17) is 4.74 Å². The van der Waals surface area contributed by atoms with Crippen LogP contribution < -0.4 is 4.74 Å². The van der Waals surface area contributed by atoms with Crippen LogP contribution in [-0.2, 0) is 17.6 Å². The molecule has 0 aliphatic carbocycles. The molecule has 0 bridgehead atoms. The molecule has 2 rings (SSSR count). The zero-order valence-electron chi connectivity index (χ0n) is 16.8. The number of aryl methyl sites for hydroxylation is 1. The topological polar surface area (TPSA) is 83.8 Å². The predicted octanol–water partition coefficient (Wildman–Crippen LogP) is 3.81. The second-order valence-corrected chi connectivity index (χ2v) is 8.30. The molecule has 0 fully saturated rings. The van der Waals surface area contributed by atoms with Crippen LogP contribution in [0.5, 0.6) is 5.75 Å². The van der Waals surface area contributed by atoms with Crippen LogP contribution in [0.3, 0.4) is 0 Å². The molecule has 5 heteroatoms. The predicted molar refractivity (Wildman–Crippen MR) is 104 cm³/mol. The van der Waals surface area contributed by atoms with E-state index in [0.717, 1.165) is 5.56 Å². The van der Waals surface area contributed by atoms with E-state index in [1.807, 2.05) is 40.7 Å². The number of allylic oxidation sites excluding steroid dienone is 2. The van der Waals surface area contributed by atoms with Crippen molar-refractivity contribution in [2.24, 2.45) is 11.8 Å². The summed E-state index contributed by atoms with van der Waals surface area (Å²) in [7, 11) is 0. The fraction of sp³-hybridized carbons (Fsp3) is 0.545. The Hall–Kier alpha value is -2.14. The first-order valence-corrected chi connectivity index (χ1v) is 9.49. The number of hydrogen-bond donors (Lipinski definition) is 2. The summed E-state index contributed by atoms with van der Waals surface area (Å²) < 4.78 is 6.03. The summed E-state index contributed by atoms with van der Waals surface area (Å²) in [4.78, 5) is 23.7. The Balaban J connectivity index is 2.25. The highest BCUT2D eigenvalue weighted by Crippen LogP contribution is 2.38. The van der Waals surface area contributed by atoms with Gasteiger partial charge < -0.3 is 14.9 Å². The average Bonchev–Trinajstić information content (AvgIpc) is 2.57. The summed E-state index contributed by atoms with van der Waals surface area (Å²) in [5.41, 5.74) is 0.916. The molecule has 0 aromatic heterocycles. The first-order valence-electron chi connectivity index (χ1n) is 9.49. The highest BCUT2D eigenvalue weighted by molar-refractivity contribution is 5.91. The lowest BCUT2D eigenvalue weighted by atomic mass is 9.87. The number of ether oxygens (including phenoxy) is 1. The monoisotopic (exact) mass is 374 g/mol. The van der Waals surface area contributed by atoms with Crippen LogP contribution in [0.25, 0.3) is 0 Å². The molecule has 1 aromatic carbocycles. The number of aromatic carboxylic acids is 1. The molecule has 0 saturated carbocycles. The maximum absolute atomic E-state index is 12.2. The van der Waals surface area contributed by atoms with E-state index >= 15 is 0 Å². The average molecular weight is 374 g/mol. The minimum atomic E-state index is -1.01. The molecule has 0 radical (unpaired) electrons. The second kappa shape index (κ2) is 8.26. The van der Waals surface area contributed by atoms with Crippen LogP contribution in [0, 0.1) is 11.8 Å². The number of carbonyl (C=O) groups excluding carboxylic acids is 1. The molecule has 0 amide bonds. The largest absolute Gasteiger partial charge is 0.485 e. The number of hydrogen-bond acceptors (Lipinski definition) is 4. The molecule has 2 unspecified atom stereocenters. The minimum absolute atomic E-state index is 0.0728. The zero-order chi connectivity index (χ0) is 20.4. The van der Waals surface area contributed by atoms with Crippen LogP contribution in [0.4, 0.5) is 0 Å². The summed E-state index contributed by atoms with van der Waals surface area (Å²) in [5, 5.41) is 19.7. The molecule has 2 N–H and O–H groups in total. The van der Waals surface area contributed by atoms with E-state index in [9.17, 15) is 19.8 Å². The lowest BCUT2D eigenvalue weighted by Crippen LogP contribution is -2.46. The summed E-state index contributed by atoms with van der Waals surface area (Å²) in [6.45, 7) is 9.56. The molecule has 148 valence electrons. The van der Waals surface area contributed by atoms with E-state index in [0.29, 0.717) is 36.5 Å². The number of benzene rings is 1. The first kappa shape index (κ1) is 21.2. The van der Waals surface area contributed by atoms with Crippen LogP contribution in [-0.4, -0.2) is 33.7 Å². The van der Waals surface area contributed by atoms with Crippen LogP contribution in [0.15, 0.2) is 24.3 Å². The van der Waals surface area contributed by atoms with Gasteiger partial charge in [0.15, 0.2) is 5.78 Å². The van der Waals surface area contributed by atoms with E-state index in [-0.39, 0.29) is 17.3 Å². The molecule has 2 atom stereocenters. The Morgan fingerprint density at radius 1 is 1.30 bits per heavy atom. The van der Waals surface area contributed by atoms with E-state index in [1.165, 1.54) is 0 Å². The van der Waals surface area contributed by atoms with Crippen LogP contribution >= 0.6 is 0 Å². The summed E-state index contributed by atoms with van der Waals surface area (Å²) >= 11 is 0. The summed E-state index contributed by atoms with van der Waals surface area (Å²) in [6, 6.07) is 3.19. The number of ketones is 1. The smallest absolute Gasteiger partial charge is 0.335 e. The van der Waals surface area contributed by atoms with Gasteiger partial charge in [-0.3, -0.25) is 4.79 Å². The number of aliphatic hydroxyl groups excluding tert-OH is 1. The van der Waals surface area contributed by atoms with Gasteiger partial charge in [0.2, 0.25) is 0 Å². The lowest BCUT2D eigenvalue weighted by Gasteiger charge is -2.38. The Morgan fingerprint density at radius 2 is 1.96 bits per heavy atom. The van der Waals surface area contributed by atoms with E-state index in [2.05, 4.69) is 0 Å². The molecule has 1 aliphatic rings. The number of carbonyl (C=O) groups is 2. The number of fused-ring (bicyclic) bond motifs is 1. The van der Waals surface area contributed by atoms with Gasteiger partial charge in [-0.25, -0.2) is 4.79 Å². The quantitative estimate of drug-likeness (QED) is 0.709. The SMILES string of the molecule is CC(C)C=CC(=O)C(C)CCc1cc(C(=O)O)cc2c1OC(C)(C)C(O)C2. The van der Waals surface area contributed by atoms with Gasteiger partial charge in [0.1, 0.15) is 11.4 Å². The molecule has 1 aliphatic heterocycles. The molecule has 27 heavy (non-hydrogen) atoms. The molecule has 1 heterocycles. The maximum atomic E-state index is 12.2. The van der Waals surface area contributed by atoms with Crippen molar-refractivity contribution < 1.29 is 24.5 Å². The highest BCUT2D eigenvalue weighted by atomic mass is 16.5. The maximum Gasteiger partial charge on any atom is 0.335 e. The number of carboxylic acid groups (broad SMARTS) is 1. The van der Waals surface area contributed by atoms with Gasteiger partial charge in [-0.1, -0.05) is 26.8 Å². The van der Waals surface area contributed by atoms with Gasteiger partial charge in [0.05, 0.1) is 11.7 Å². The molecular weight excluding hydrogens is 344 g/mol. The van der Waals surface area contributed by atoms with Gasteiger partial charge >= 0.3 is 5.97 Å². The minimum Gasteiger partial charge on any atom is -0.485 e.